The van der Waals surface area contributed by atoms with E-state index in [2.05, 4.69) is 28.6 Å². The quantitative estimate of drug-likeness (QED) is 0.169. The number of phenols is 1. The second-order valence-electron chi connectivity index (χ2n) is 8.01. The molecule has 1 aromatic carbocycles. The predicted molar refractivity (Wildman–Crippen MR) is 124 cm³/mol. The molecule has 0 radical (unpaired) electrons. The summed E-state index contributed by atoms with van der Waals surface area (Å²) >= 11 is 4.05. The normalized spacial score (nSPS) is 15.6. The maximum atomic E-state index is 12.8. The fraction of sp³-hybridized carbons (Fsp3) is 0.524. The van der Waals surface area contributed by atoms with Crippen molar-refractivity contribution in [2.75, 3.05) is 5.75 Å². The molecular weight excluding hydrogens is 452 g/mol. The Morgan fingerprint density at radius 1 is 0.939 bits per heavy atom. The zero-order valence-corrected chi connectivity index (χ0v) is 19.6. The number of rotatable bonds is 12. The number of carbonyl (C=O) groups is 4. The first kappa shape index (κ1) is 28.2. The van der Waals surface area contributed by atoms with Crippen LogP contribution in [0.1, 0.15) is 26.3 Å². The highest BCUT2D eigenvalue weighted by Gasteiger charge is 2.32. The lowest BCUT2D eigenvalue weighted by molar-refractivity contribution is -0.142. The van der Waals surface area contributed by atoms with E-state index in [4.69, 9.17) is 5.73 Å². The molecule has 0 spiro atoms. The van der Waals surface area contributed by atoms with Crippen molar-refractivity contribution in [3.05, 3.63) is 29.8 Å². The lowest BCUT2D eigenvalue weighted by Gasteiger charge is -2.27. The molecular formula is C21H32N4O7S. The number of nitrogens with two attached hydrogens (primary N) is 1. The third kappa shape index (κ3) is 8.91. The molecule has 3 amide bonds. The zero-order chi connectivity index (χ0) is 25.3. The Kier molecular flexibility index (Phi) is 11.1. The number of aromatic hydroxyl groups is 1. The largest absolute Gasteiger partial charge is 0.508 e. The molecule has 0 fully saturated rings. The van der Waals surface area contributed by atoms with E-state index >= 15 is 0 Å². The van der Waals surface area contributed by atoms with Gasteiger partial charge in [-0.25, -0.2) is 4.79 Å². The van der Waals surface area contributed by atoms with E-state index in [1.54, 1.807) is 13.8 Å². The molecule has 5 atom stereocenters. The topological polar surface area (TPSA) is 191 Å². The molecule has 8 N–H and O–H groups in total. The molecule has 0 bridgehead atoms. The standard InChI is InChI=1S/C21H32N4O7S/c1-10(2)17(25-18(28)15(9-33)24-19(29)16(22)11(3)26)20(30)23-14(21(31)32)8-12-4-6-13(27)7-5-12/h4-7,10-11,14-17,26-27,33H,8-9,22H2,1-3H3,(H,23,30)(H,24,29)(H,25,28)(H,31,32). The maximum absolute atomic E-state index is 12.8. The Morgan fingerprint density at radius 3 is 1.94 bits per heavy atom. The number of carbonyl (C=O) groups excluding carboxylic acids is 3. The lowest BCUT2D eigenvalue weighted by atomic mass is 10.0. The molecule has 5 unspecified atom stereocenters. The fourth-order valence-electron chi connectivity index (χ4n) is 2.80. The van der Waals surface area contributed by atoms with Crippen LogP contribution in [0.25, 0.3) is 0 Å². The number of hydrogen-bond acceptors (Lipinski definition) is 8. The van der Waals surface area contributed by atoms with Gasteiger partial charge >= 0.3 is 5.97 Å². The Labute approximate surface area is 197 Å². The van der Waals surface area contributed by atoms with Gasteiger partial charge in [0.15, 0.2) is 0 Å². The van der Waals surface area contributed by atoms with Crippen molar-refractivity contribution in [2.45, 2.75) is 57.5 Å². The van der Waals surface area contributed by atoms with Crippen LogP contribution in [0.4, 0.5) is 0 Å². The molecule has 0 aliphatic carbocycles. The molecule has 0 saturated carbocycles. The minimum atomic E-state index is -1.27. The predicted octanol–water partition coefficient (Wildman–Crippen LogP) is -1.23. The minimum Gasteiger partial charge on any atom is -0.508 e. The maximum Gasteiger partial charge on any atom is 0.326 e. The van der Waals surface area contributed by atoms with E-state index in [1.165, 1.54) is 31.2 Å². The van der Waals surface area contributed by atoms with Gasteiger partial charge in [0.25, 0.3) is 0 Å². The molecule has 0 aromatic heterocycles. The van der Waals surface area contributed by atoms with Crippen molar-refractivity contribution >= 4 is 36.3 Å². The number of nitrogens with one attached hydrogen (secondary N) is 3. The molecule has 0 aliphatic rings. The van der Waals surface area contributed by atoms with E-state index in [9.17, 15) is 34.5 Å². The van der Waals surface area contributed by atoms with Crippen LogP contribution in [0, 0.1) is 5.92 Å². The summed E-state index contributed by atoms with van der Waals surface area (Å²) in [6.07, 6.45) is -1.17. The van der Waals surface area contributed by atoms with Gasteiger partial charge < -0.3 is 37.0 Å². The molecule has 0 saturated heterocycles. The van der Waals surface area contributed by atoms with Crippen molar-refractivity contribution in [2.24, 2.45) is 11.7 Å². The second-order valence-corrected chi connectivity index (χ2v) is 8.38. The lowest BCUT2D eigenvalue weighted by Crippen LogP contribution is -2.59. The Balaban J connectivity index is 2.88. The van der Waals surface area contributed by atoms with Gasteiger partial charge in [0.2, 0.25) is 17.7 Å². The number of aliphatic carboxylic acids is 1. The highest BCUT2D eigenvalue weighted by Crippen LogP contribution is 2.12. The number of amides is 3. The fourth-order valence-corrected chi connectivity index (χ4v) is 3.06. The first-order chi connectivity index (χ1) is 15.4. The Hall–Kier alpha value is -2.83. The molecule has 33 heavy (non-hydrogen) atoms. The number of thiol groups is 1. The van der Waals surface area contributed by atoms with Crippen molar-refractivity contribution in [1.29, 1.82) is 0 Å². The van der Waals surface area contributed by atoms with E-state index in [0.29, 0.717) is 5.56 Å². The molecule has 1 aromatic rings. The first-order valence-electron chi connectivity index (χ1n) is 10.3. The summed E-state index contributed by atoms with van der Waals surface area (Å²) in [4.78, 5) is 49.2. The van der Waals surface area contributed by atoms with Crippen LogP contribution < -0.4 is 21.7 Å². The van der Waals surface area contributed by atoms with Crippen molar-refractivity contribution < 1.29 is 34.5 Å². The molecule has 184 valence electrons. The van der Waals surface area contributed by atoms with Crippen LogP contribution in [0.15, 0.2) is 24.3 Å². The first-order valence-corrected chi connectivity index (χ1v) is 11.0. The van der Waals surface area contributed by atoms with Crippen molar-refractivity contribution in [3.8, 4) is 5.75 Å². The molecule has 0 heterocycles. The summed E-state index contributed by atoms with van der Waals surface area (Å²) < 4.78 is 0. The monoisotopic (exact) mass is 484 g/mol. The van der Waals surface area contributed by atoms with Crippen LogP contribution in [0.3, 0.4) is 0 Å². The Morgan fingerprint density at radius 2 is 1.48 bits per heavy atom. The van der Waals surface area contributed by atoms with E-state index in [0.717, 1.165) is 0 Å². The zero-order valence-electron chi connectivity index (χ0n) is 18.7. The molecule has 1 rings (SSSR count). The summed E-state index contributed by atoms with van der Waals surface area (Å²) in [7, 11) is 0. The molecule has 12 heteroatoms. The van der Waals surface area contributed by atoms with Gasteiger partial charge in [-0.05, 0) is 30.5 Å². The number of hydrogen-bond donors (Lipinski definition) is 8. The SMILES string of the molecule is CC(C)C(NC(=O)C(CS)NC(=O)C(N)C(C)O)C(=O)NC(Cc1ccc(O)cc1)C(=O)O. The van der Waals surface area contributed by atoms with Crippen LogP contribution in [-0.2, 0) is 25.6 Å². The summed E-state index contributed by atoms with van der Waals surface area (Å²) in [6.45, 7) is 4.66. The van der Waals surface area contributed by atoms with Crippen LogP contribution in [-0.4, -0.2) is 75.0 Å². The van der Waals surface area contributed by atoms with E-state index in [-0.39, 0.29) is 17.9 Å². The average molecular weight is 485 g/mol. The summed E-state index contributed by atoms with van der Waals surface area (Å²) in [5.41, 5.74) is 6.14. The van der Waals surface area contributed by atoms with Gasteiger partial charge in [-0.2, -0.15) is 12.6 Å². The number of phenolic OH excluding ortho intramolecular Hbond substituents is 1. The summed E-state index contributed by atoms with van der Waals surface area (Å²) in [6, 6.07) is 1.14. The molecule has 0 aliphatic heterocycles. The average Bonchev–Trinajstić information content (AvgIpc) is 2.75. The number of carboxylic acids is 1. The van der Waals surface area contributed by atoms with Crippen LogP contribution in [0.2, 0.25) is 0 Å². The van der Waals surface area contributed by atoms with Gasteiger partial charge in [0.1, 0.15) is 29.9 Å². The highest BCUT2D eigenvalue weighted by molar-refractivity contribution is 7.80. The third-order valence-electron chi connectivity index (χ3n) is 4.88. The van der Waals surface area contributed by atoms with Gasteiger partial charge in [-0.3, -0.25) is 14.4 Å². The van der Waals surface area contributed by atoms with E-state index in [1.807, 2.05) is 0 Å². The van der Waals surface area contributed by atoms with Gasteiger partial charge in [-0.15, -0.1) is 0 Å². The number of aliphatic hydroxyl groups excluding tert-OH is 1. The summed E-state index contributed by atoms with van der Waals surface area (Å²) in [5, 5.41) is 35.6. The van der Waals surface area contributed by atoms with Crippen molar-refractivity contribution in [3.63, 3.8) is 0 Å². The number of aliphatic hydroxyl groups is 1. The Bertz CT molecular complexity index is 832. The smallest absolute Gasteiger partial charge is 0.326 e. The van der Waals surface area contributed by atoms with Crippen molar-refractivity contribution in [1.82, 2.24) is 16.0 Å². The highest BCUT2D eigenvalue weighted by atomic mass is 32.1. The minimum absolute atomic E-state index is 0.0254. The van der Waals surface area contributed by atoms with E-state index < -0.39 is 59.9 Å². The van der Waals surface area contributed by atoms with Crippen LogP contribution in [0.5, 0.6) is 5.75 Å². The van der Waals surface area contributed by atoms with Gasteiger partial charge in [-0.1, -0.05) is 26.0 Å². The van der Waals surface area contributed by atoms with Gasteiger partial charge in [0.05, 0.1) is 6.10 Å². The van der Waals surface area contributed by atoms with Crippen LogP contribution >= 0.6 is 12.6 Å². The third-order valence-corrected chi connectivity index (χ3v) is 5.24. The number of carboxylic acid groups (broad SMARTS) is 1. The second kappa shape index (κ2) is 13.0. The molecule has 11 nitrogen and oxygen atoms in total. The number of benzene rings is 1. The summed E-state index contributed by atoms with van der Waals surface area (Å²) in [5.74, 6) is -3.94. The van der Waals surface area contributed by atoms with Gasteiger partial charge in [0, 0.05) is 12.2 Å².